The Kier molecular flexibility index (Phi) is 9.77. The predicted octanol–water partition coefficient (Wildman–Crippen LogP) is 16.7. The molecule has 0 unspecified atom stereocenters. The molecule has 9 aromatic carbocycles. The zero-order chi connectivity index (χ0) is 40.7. The summed E-state index contributed by atoms with van der Waals surface area (Å²) in [5.74, 6) is 0. The third-order valence-corrected chi connectivity index (χ3v) is 11.8. The first-order valence-corrected chi connectivity index (χ1v) is 20.8. The van der Waals surface area contributed by atoms with Crippen LogP contribution in [-0.4, -0.2) is 0 Å². The summed E-state index contributed by atoms with van der Waals surface area (Å²) in [6, 6.07) is 73.8. The Morgan fingerprint density at radius 2 is 0.763 bits per heavy atom. The standard InChI is InChI=1S/C58H51N/c1-57(2,3)46-37-45(38-47(39-46)58(4,5)6)50-28-16-23-44-24-17-29-52(56(44)50)51-27-13-15-31-55(51)59(54-32-18-22-42-21-10-11-25-48(42)54)53-30-14-12-26-49(53)43-35-33-41(34-36-43)40-19-8-7-9-20-40/h7-39H,1-6H3. The predicted molar refractivity (Wildman–Crippen MR) is 255 cm³/mol. The fraction of sp³-hybridized carbons (Fsp3) is 0.138. The molecule has 0 aliphatic carbocycles. The van der Waals surface area contributed by atoms with E-state index in [1.807, 2.05) is 0 Å². The van der Waals surface area contributed by atoms with Gasteiger partial charge in [0.05, 0.1) is 17.1 Å². The highest BCUT2D eigenvalue weighted by Crippen LogP contribution is 2.49. The van der Waals surface area contributed by atoms with Crippen molar-refractivity contribution >= 4 is 38.6 Å². The molecule has 0 fully saturated rings. The highest BCUT2D eigenvalue weighted by molar-refractivity contribution is 6.10. The number of fused-ring (bicyclic) bond motifs is 2. The van der Waals surface area contributed by atoms with Crippen LogP contribution < -0.4 is 4.90 Å². The SMILES string of the molecule is CC(C)(C)c1cc(-c2cccc3cccc(-c4ccccc4N(c4ccccc4-c4ccc(-c5ccccc5)cc4)c4cccc5ccccc45)c23)cc(C(C)(C)C)c1. The Balaban J connectivity index is 1.30. The molecule has 0 aliphatic rings. The molecule has 0 N–H and O–H groups in total. The van der Waals surface area contributed by atoms with Crippen molar-refractivity contribution in [3.05, 3.63) is 211 Å². The zero-order valence-electron chi connectivity index (χ0n) is 35.0. The van der Waals surface area contributed by atoms with Crippen molar-refractivity contribution in [2.45, 2.75) is 52.4 Å². The van der Waals surface area contributed by atoms with E-state index in [2.05, 4.69) is 247 Å². The lowest BCUT2D eigenvalue weighted by Gasteiger charge is -2.31. The van der Waals surface area contributed by atoms with Crippen molar-refractivity contribution in [1.29, 1.82) is 0 Å². The van der Waals surface area contributed by atoms with Gasteiger partial charge in [-0.2, -0.15) is 0 Å². The summed E-state index contributed by atoms with van der Waals surface area (Å²) in [7, 11) is 0. The van der Waals surface area contributed by atoms with Gasteiger partial charge < -0.3 is 4.90 Å². The monoisotopic (exact) mass is 761 g/mol. The van der Waals surface area contributed by atoms with Crippen LogP contribution in [0, 0.1) is 0 Å². The van der Waals surface area contributed by atoms with Gasteiger partial charge in [-0.15, -0.1) is 0 Å². The van der Waals surface area contributed by atoms with E-state index in [9.17, 15) is 0 Å². The molecule has 0 saturated heterocycles. The molecule has 0 amide bonds. The van der Waals surface area contributed by atoms with Crippen molar-refractivity contribution in [2.24, 2.45) is 0 Å². The Bertz CT molecular complexity index is 2900. The van der Waals surface area contributed by atoms with Crippen LogP contribution >= 0.6 is 0 Å². The van der Waals surface area contributed by atoms with E-state index in [1.165, 1.54) is 77.2 Å². The molecule has 9 aromatic rings. The molecule has 0 heterocycles. The summed E-state index contributed by atoms with van der Waals surface area (Å²) in [5, 5.41) is 4.89. The van der Waals surface area contributed by atoms with Crippen LogP contribution in [0.2, 0.25) is 0 Å². The quantitative estimate of drug-likeness (QED) is 0.156. The number of nitrogens with zero attached hydrogens (tertiary/aromatic N) is 1. The third-order valence-electron chi connectivity index (χ3n) is 11.8. The number of para-hydroxylation sites is 2. The van der Waals surface area contributed by atoms with Gasteiger partial charge in [0.25, 0.3) is 0 Å². The summed E-state index contributed by atoms with van der Waals surface area (Å²) in [6.45, 7) is 13.9. The number of rotatable bonds is 7. The third kappa shape index (κ3) is 7.34. The maximum absolute atomic E-state index is 2.50. The highest BCUT2D eigenvalue weighted by Gasteiger charge is 2.25. The van der Waals surface area contributed by atoms with E-state index in [0.29, 0.717) is 0 Å². The van der Waals surface area contributed by atoms with Crippen molar-refractivity contribution in [3.63, 3.8) is 0 Å². The second-order valence-corrected chi connectivity index (χ2v) is 17.8. The molecule has 1 heteroatoms. The molecule has 0 aromatic heterocycles. The molecule has 59 heavy (non-hydrogen) atoms. The van der Waals surface area contributed by atoms with E-state index < -0.39 is 0 Å². The van der Waals surface area contributed by atoms with E-state index >= 15 is 0 Å². The molecular weight excluding hydrogens is 711 g/mol. The van der Waals surface area contributed by atoms with E-state index in [4.69, 9.17) is 0 Å². The second-order valence-electron chi connectivity index (χ2n) is 17.8. The smallest absolute Gasteiger partial charge is 0.0540 e. The molecule has 0 radical (unpaired) electrons. The molecule has 0 spiro atoms. The van der Waals surface area contributed by atoms with Gasteiger partial charge in [-0.1, -0.05) is 224 Å². The van der Waals surface area contributed by atoms with Crippen LogP contribution in [-0.2, 0) is 10.8 Å². The highest BCUT2D eigenvalue weighted by atomic mass is 15.1. The van der Waals surface area contributed by atoms with Crippen molar-refractivity contribution < 1.29 is 0 Å². The minimum Gasteiger partial charge on any atom is -0.309 e. The normalized spacial score (nSPS) is 11.9. The van der Waals surface area contributed by atoms with Gasteiger partial charge in [0, 0.05) is 16.5 Å². The minimum absolute atomic E-state index is 0.00421. The average Bonchev–Trinajstić information content (AvgIpc) is 3.26. The topological polar surface area (TPSA) is 3.24 Å². The van der Waals surface area contributed by atoms with Crippen molar-refractivity contribution in [1.82, 2.24) is 0 Å². The molecule has 9 rings (SSSR count). The minimum atomic E-state index is 0.00421. The van der Waals surface area contributed by atoms with Crippen LogP contribution in [0.1, 0.15) is 52.7 Å². The average molecular weight is 762 g/mol. The molecular formula is C58H51N. The maximum Gasteiger partial charge on any atom is 0.0540 e. The first-order valence-electron chi connectivity index (χ1n) is 20.8. The first-order chi connectivity index (χ1) is 28.5. The number of hydrogen-bond acceptors (Lipinski definition) is 1. The fourth-order valence-corrected chi connectivity index (χ4v) is 8.53. The van der Waals surface area contributed by atoms with Crippen LogP contribution in [0.5, 0.6) is 0 Å². The number of anilines is 3. The van der Waals surface area contributed by atoms with Gasteiger partial charge in [-0.25, -0.2) is 0 Å². The van der Waals surface area contributed by atoms with Crippen LogP contribution in [0.3, 0.4) is 0 Å². The van der Waals surface area contributed by atoms with Gasteiger partial charge in [0.1, 0.15) is 0 Å². The lowest BCUT2D eigenvalue weighted by Crippen LogP contribution is -2.16. The largest absolute Gasteiger partial charge is 0.309 e. The zero-order valence-corrected chi connectivity index (χ0v) is 35.0. The molecule has 0 saturated carbocycles. The van der Waals surface area contributed by atoms with E-state index in [1.54, 1.807) is 0 Å². The van der Waals surface area contributed by atoms with Crippen molar-refractivity contribution in [2.75, 3.05) is 4.90 Å². The Morgan fingerprint density at radius 1 is 0.305 bits per heavy atom. The Labute approximate surface area is 350 Å². The summed E-state index contributed by atoms with van der Waals surface area (Å²) < 4.78 is 0. The molecule has 0 atom stereocenters. The number of hydrogen-bond donors (Lipinski definition) is 0. The molecule has 1 nitrogen and oxygen atoms in total. The summed E-state index contributed by atoms with van der Waals surface area (Å²) in [5.41, 5.74) is 15.7. The van der Waals surface area contributed by atoms with Crippen LogP contribution in [0.15, 0.2) is 200 Å². The van der Waals surface area contributed by atoms with Crippen LogP contribution in [0.25, 0.3) is 66.1 Å². The fourth-order valence-electron chi connectivity index (χ4n) is 8.53. The molecule has 288 valence electrons. The first kappa shape index (κ1) is 37.9. The summed E-state index contributed by atoms with van der Waals surface area (Å²) in [6.07, 6.45) is 0. The van der Waals surface area contributed by atoms with Gasteiger partial charge in [-0.3, -0.25) is 0 Å². The lowest BCUT2D eigenvalue weighted by atomic mass is 9.78. The molecule has 0 bridgehead atoms. The Hall–Kier alpha value is -6.70. The van der Waals surface area contributed by atoms with Crippen molar-refractivity contribution in [3.8, 4) is 44.5 Å². The van der Waals surface area contributed by atoms with Gasteiger partial charge in [0.15, 0.2) is 0 Å². The lowest BCUT2D eigenvalue weighted by molar-refractivity contribution is 0.569. The van der Waals surface area contributed by atoms with Crippen LogP contribution in [0.4, 0.5) is 17.1 Å². The van der Waals surface area contributed by atoms with Gasteiger partial charge in [-0.05, 0) is 89.7 Å². The van der Waals surface area contributed by atoms with E-state index in [0.717, 1.165) is 17.1 Å². The number of benzene rings is 9. The second kappa shape index (κ2) is 15.2. The van der Waals surface area contributed by atoms with E-state index in [-0.39, 0.29) is 10.8 Å². The summed E-state index contributed by atoms with van der Waals surface area (Å²) >= 11 is 0. The maximum atomic E-state index is 2.50. The van der Waals surface area contributed by atoms with Gasteiger partial charge in [0.2, 0.25) is 0 Å². The molecule has 0 aliphatic heterocycles. The Morgan fingerprint density at radius 3 is 1.44 bits per heavy atom. The van der Waals surface area contributed by atoms with Gasteiger partial charge >= 0.3 is 0 Å². The summed E-state index contributed by atoms with van der Waals surface area (Å²) in [4.78, 5) is 2.50.